The van der Waals surface area contributed by atoms with E-state index in [0.717, 1.165) is 0 Å². The highest BCUT2D eigenvalue weighted by Crippen LogP contribution is 2.03. The highest BCUT2D eigenvalue weighted by molar-refractivity contribution is 5.93. The zero-order chi connectivity index (χ0) is 12.6. The molecule has 0 heterocycles. The summed E-state index contributed by atoms with van der Waals surface area (Å²) in [7, 11) is 0. The zero-order valence-electron chi connectivity index (χ0n) is 9.86. The number of carbonyl (C=O) groups is 1. The lowest BCUT2D eigenvalue weighted by Gasteiger charge is -2.19. The average molecular weight is 220 g/mol. The summed E-state index contributed by atoms with van der Waals surface area (Å²) in [5, 5.41) is 0. The van der Waals surface area contributed by atoms with Gasteiger partial charge in [0.05, 0.1) is 0 Å². The fourth-order valence-electron chi connectivity index (χ4n) is 1.23. The number of rotatable bonds is 7. The van der Waals surface area contributed by atoms with Crippen molar-refractivity contribution in [2.45, 2.75) is 13.0 Å². The monoisotopic (exact) mass is 220 g/mol. The van der Waals surface area contributed by atoms with E-state index in [1.165, 1.54) is 0 Å². The van der Waals surface area contributed by atoms with Crippen molar-refractivity contribution in [2.24, 2.45) is 5.73 Å². The molecule has 0 saturated heterocycles. The molecule has 0 aliphatic carbocycles. The first-order valence-corrected chi connectivity index (χ1v) is 5.14. The maximum atomic E-state index is 11.9. The lowest BCUT2D eigenvalue weighted by Crippen LogP contribution is -2.32. The molecule has 16 heavy (non-hydrogen) atoms. The molecular formula is C13H20N2O. The Morgan fingerprint density at radius 1 is 1.31 bits per heavy atom. The fourth-order valence-corrected chi connectivity index (χ4v) is 1.23. The van der Waals surface area contributed by atoms with E-state index in [1.807, 2.05) is 0 Å². The van der Waals surface area contributed by atoms with E-state index < -0.39 is 0 Å². The van der Waals surface area contributed by atoms with Crippen LogP contribution in [0.3, 0.4) is 0 Å². The quantitative estimate of drug-likeness (QED) is 0.524. The minimum atomic E-state index is -0.293. The summed E-state index contributed by atoms with van der Waals surface area (Å²) in [5.74, 6) is -0.0582. The van der Waals surface area contributed by atoms with Crippen LogP contribution >= 0.6 is 0 Å². The third-order valence-corrected chi connectivity index (χ3v) is 2.04. The van der Waals surface area contributed by atoms with Gasteiger partial charge in [0.25, 0.3) is 0 Å². The van der Waals surface area contributed by atoms with E-state index >= 15 is 0 Å². The first-order chi connectivity index (χ1) is 7.56. The van der Waals surface area contributed by atoms with E-state index in [4.69, 9.17) is 5.73 Å². The summed E-state index contributed by atoms with van der Waals surface area (Å²) >= 11 is 0. The van der Waals surface area contributed by atoms with Crippen LogP contribution in [0.5, 0.6) is 0 Å². The van der Waals surface area contributed by atoms with Crippen molar-refractivity contribution in [3.05, 3.63) is 49.6 Å². The van der Waals surface area contributed by atoms with Gasteiger partial charge in [0.15, 0.2) is 0 Å². The Labute approximate surface area is 97.6 Å². The molecule has 0 aliphatic rings. The second-order valence-corrected chi connectivity index (χ2v) is 3.45. The second-order valence-electron chi connectivity index (χ2n) is 3.45. The molecule has 0 fully saturated rings. The van der Waals surface area contributed by atoms with Crippen LogP contribution in [0.4, 0.5) is 0 Å². The van der Waals surface area contributed by atoms with Crippen LogP contribution < -0.4 is 5.73 Å². The molecule has 0 saturated carbocycles. The van der Waals surface area contributed by atoms with E-state index in [2.05, 4.69) is 19.7 Å². The van der Waals surface area contributed by atoms with E-state index in [-0.39, 0.29) is 11.9 Å². The van der Waals surface area contributed by atoms with Gasteiger partial charge < -0.3 is 10.6 Å². The van der Waals surface area contributed by atoms with Crippen molar-refractivity contribution in [3.63, 3.8) is 0 Å². The summed E-state index contributed by atoms with van der Waals surface area (Å²) in [4.78, 5) is 13.6. The van der Waals surface area contributed by atoms with E-state index in [9.17, 15) is 4.79 Å². The SMILES string of the molecule is C=CCN(CC=C)C(=O)C(C)=CC(N)C=C. The summed E-state index contributed by atoms with van der Waals surface area (Å²) in [6, 6.07) is -0.293. The van der Waals surface area contributed by atoms with Gasteiger partial charge in [0.2, 0.25) is 5.91 Å². The van der Waals surface area contributed by atoms with Crippen LogP contribution in [0.1, 0.15) is 6.92 Å². The summed E-state index contributed by atoms with van der Waals surface area (Å²) in [6.07, 6.45) is 6.64. The minimum Gasteiger partial charge on any atom is -0.332 e. The van der Waals surface area contributed by atoms with Gasteiger partial charge in [-0.1, -0.05) is 24.3 Å². The predicted octanol–water partition coefficient (Wildman–Crippen LogP) is 1.65. The molecule has 88 valence electrons. The van der Waals surface area contributed by atoms with Crippen LogP contribution in [0, 0.1) is 0 Å². The van der Waals surface area contributed by atoms with Crippen LogP contribution in [0.25, 0.3) is 0 Å². The first kappa shape index (κ1) is 14.4. The Balaban J connectivity index is 4.70. The molecule has 3 heteroatoms. The van der Waals surface area contributed by atoms with Crippen molar-refractivity contribution < 1.29 is 4.79 Å². The highest BCUT2D eigenvalue weighted by atomic mass is 16.2. The molecule has 1 atom stereocenters. The molecule has 0 aromatic heterocycles. The minimum absolute atomic E-state index is 0.0582. The maximum absolute atomic E-state index is 11.9. The van der Waals surface area contributed by atoms with Gasteiger partial charge in [-0.2, -0.15) is 0 Å². The van der Waals surface area contributed by atoms with Gasteiger partial charge >= 0.3 is 0 Å². The van der Waals surface area contributed by atoms with Crippen molar-refractivity contribution in [3.8, 4) is 0 Å². The number of hydrogen-bond donors (Lipinski definition) is 1. The zero-order valence-corrected chi connectivity index (χ0v) is 9.86. The Kier molecular flexibility index (Phi) is 6.88. The third-order valence-electron chi connectivity index (χ3n) is 2.04. The van der Waals surface area contributed by atoms with Gasteiger partial charge in [0, 0.05) is 24.7 Å². The summed E-state index contributed by atoms with van der Waals surface area (Å²) in [6.45, 7) is 13.5. The van der Waals surface area contributed by atoms with Crippen LogP contribution in [0.2, 0.25) is 0 Å². The predicted molar refractivity (Wildman–Crippen MR) is 68.9 cm³/mol. The Morgan fingerprint density at radius 2 is 1.81 bits per heavy atom. The molecule has 2 N–H and O–H groups in total. The van der Waals surface area contributed by atoms with Crippen LogP contribution in [0.15, 0.2) is 49.6 Å². The second kappa shape index (κ2) is 7.65. The van der Waals surface area contributed by atoms with Crippen LogP contribution in [-0.4, -0.2) is 29.9 Å². The lowest BCUT2D eigenvalue weighted by atomic mass is 10.1. The fraction of sp³-hybridized carbons (Fsp3) is 0.308. The first-order valence-electron chi connectivity index (χ1n) is 5.14. The molecule has 1 amide bonds. The standard InChI is InChI=1S/C13H20N2O/c1-5-8-15(9-6-2)13(16)11(4)10-12(14)7-3/h5-7,10,12H,1-3,8-9,14H2,4H3. The van der Waals surface area contributed by atoms with Crippen molar-refractivity contribution in [2.75, 3.05) is 13.1 Å². The smallest absolute Gasteiger partial charge is 0.249 e. The Bertz CT molecular complexity index is 295. The molecule has 1 unspecified atom stereocenters. The number of nitrogens with zero attached hydrogens (tertiary/aromatic N) is 1. The lowest BCUT2D eigenvalue weighted by molar-refractivity contribution is -0.126. The van der Waals surface area contributed by atoms with Gasteiger partial charge in [-0.05, 0) is 6.92 Å². The molecule has 0 radical (unpaired) electrons. The van der Waals surface area contributed by atoms with Crippen LogP contribution in [-0.2, 0) is 4.79 Å². The molecule has 3 nitrogen and oxygen atoms in total. The average Bonchev–Trinajstić information content (AvgIpc) is 2.27. The molecule has 0 rings (SSSR count). The van der Waals surface area contributed by atoms with Crippen molar-refractivity contribution in [1.29, 1.82) is 0 Å². The Morgan fingerprint density at radius 3 is 2.19 bits per heavy atom. The van der Waals surface area contributed by atoms with Gasteiger partial charge in [0.1, 0.15) is 0 Å². The third kappa shape index (κ3) is 4.75. The van der Waals surface area contributed by atoms with Gasteiger partial charge in [-0.25, -0.2) is 0 Å². The molecule has 0 bridgehead atoms. The summed E-state index contributed by atoms with van der Waals surface area (Å²) < 4.78 is 0. The molecule has 0 spiro atoms. The van der Waals surface area contributed by atoms with Gasteiger partial charge in [-0.3, -0.25) is 4.79 Å². The number of nitrogens with two attached hydrogens (primary N) is 1. The van der Waals surface area contributed by atoms with E-state index in [0.29, 0.717) is 18.7 Å². The largest absolute Gasteiger partial charge is 0.332 e. The number of amides is 1. The molecular weight excluding hydrogens is 200 g/mol. The summed E-state index contributed by atoms with van der Waals surface area (Å²) in [5.41, 5.74) is 6.26. The molecule has 0 aliphatic heterocycles. The number of carbonyl (C=O) groups excluding carboxylic acids is 1. The van der Waals surface area contributed by atoms with E-state index in [1.54, 1.807) is 36.1 Å². The topological polar surface area (TPSA) is 46.3 Å². The van der Waals surface area contributed by atoms with Gasteiger partial charge in [-0.15, -0.1) is 19.7 Å². The Hall–Kier alpha value is -1.61. The molecule has 0 aromatic carbocycles. The maximum Gasteiger partial charge on any atom is 0.249 e. The van der Waals surface area contributed by atoms with Crippen molar-refractivity contribution >= 4 is 5.91 Å². The number of hydrogen-bond acceptors (Lipinski definition) is 2. The van der Waals surface area contributed by atoms with Crippen molar-refractivity contribution in [1.82, 2.24) is 4.90 Å². The highest BCUT2D eigenvalue weighted by Gasteiger charge is 2.12. The molecule has 0 aromatic rings. The normalized spacial score (nSPS) is 12.8.